The molecule has 0 bridgehead atoms. The molecule has 0 aliphatic heterocycles. The van der Waals surface area contributed by atoms with E-state index in [1.165, 1.54) is 0 Å². The van der Waals surface area contributed by atoms with Crippen molar-refractivity contribution in [2.45, 2.75) is 26.4 Å². The number of aliphatic hydroxyl groups is 1. The van der Waals surface area contributed by atoms with Crippen LogP contribution >= 0.6 is 0 Å². The second-order valence-corrected chi connectivity index (χ2v) is 4.88. The molecular weight excluding hydrogens is 226 g/mol. The highest BCUT2D eigenvalue weighted by Crippen LogP contribution is 2.23. The third-order valence-electron chi connectivity index (χ3n) is 2.88. The van der Waals surface area contributed by atoms with Gasteiger partial charge in [0.25, 0.3) is 0 Å². The van der Waals surface area contributed by atoms with E-state index in [1.807, 2.05) is 12.1 Å². The normalized spacial score (nSPS) is 12.8. The Bertz CT molecular complexity index is 353. The van der Waals surface area contributed by atoms with Gasteiger partial charge in [-0.05, 0) is 33.5 Å². The predicted octanol–water partition coefficient (Wildman–Crippen LogP) is 1.91. The highest BCUT2D eigenvalue weighted by molar-refractivity contribution is 5.47. The SMILES string of the molecule is CCCN(CCN(C)C)c1ncccc1C(C)O. The maximum absolute atomic E-state index is 9.82. The summed E-state index contributed by atoms with van der Waals surface area (Å²) in [7, 11) is 4.14. The number of pyridine rings is 1. The van der Waals surface area contributed by atoms with Gasteiger partial charge in [-0.2, -0.15) is 0 Å². The van der Waals surface area contributed by atoms with E-state index < -0.39 is 6.10 Å². The minimum atomic E-state index is -0.479. The van der Waals surface area contributed by atoms with Crippen molar-refractivity contribution in [3.63, 3.8) is 0 Å². The van der Waals surface area contributed by atoms with Crippen LogP contribution in [0.25, 0.3) is 0 Å². The third kappa shape index (κ3) is 4.27. The lowest BCUT2D eigenvalue weighted by molar-refractivity contribution is 0.199. The van der Waals surface area contributed by atoms with Crippen LogP contribution in [0, 0.1) is 0 Å². The molecule has 4 nitrogen and oxygen atoms in total. The number of rotatable bonds is 7. The second kappa shape index (κ2) is 7.34. The first-order valence-corrected chi connectivity index (χ1v) is 6.59. The van der Waals surface area contributed by atoms with Gasteiger partial charge in [-0.15, -0.1) is 0 Å². The molecule has 1 unspecified atom stereocenters. The molecule has 0 aliphatic rings. The molecule has 1 atom stereocenters. The number of aromatic nitrogens is 1. The van der Waals surface area contributed by atoms with Gasteiger partial charge in [0, 0.05) is 31.4 Å². The Morgan fingerprint density at radius 2 is 2.00 bits per heavy atom. The van der Waals surface area contributed by atoms with Crippen molar-refractivity contribution in [3.8, 4) is 0 Å². The Balaban J connectivity index is 2.90. The Labute approximate surface area is 110 Å². The lowest BCUT2D eigenvalue weighted by atomic mass is 10.1. The first-order valence-electron chi connectivity index (χ1n) is 6.59. The zero-order valence-electron chi connectivity index (χ0n) is 11.9. The van der Waals surface area contributed by atoms with Crippen LogP contribution < -0.4 is 4.90 Å². The van der Waals surface area contributed by atoms with Crippen LogP contribution in [0.15, 0.2) is 18.3 Å². The van der Waals surface area contributed by atoms with E-state index in [0.717, 1.165) is 37.4 Å². The van der Waals surface area contributed by atoms with Gasteiger partial charge in [-0.3, -0.25) is 0 Å². The summed E-state index contributed by atoms with van der Waals surface area (Å²) < 4.78 is 0. The molecule has 1 N–H and O–H groups in total. The molecule has 102 valence electrons. The standard InChI is InChI=1S/C14H25N3O/c1-5-9-17(11-10-16(3)4)14-13(12(2)18)7-6-8-15-14/h6-8,12,18H,5,9-11H2,1-4H3. The highest BCUT2D eigenvalue weighted by Gasteiger charge is 2.14. The first kappa shape index (κ1) is 14.9. The van der Waals surface area contributed by atoms with E-state index in [-0.39, 0.29) is 0 Å². The van der Waals surface area contributed by atoms with Crippen LogP contribution in [0.2, 0.25) is 0 Å². The summed E-state index contributed by atoms with van der Waals surface area (Å²) in [6, 6.07) is 3.83. The molecule has 0 saturated heterocycles. The fraction of sp³-hybridized carbons (Fsp3) is 0.643. The number of nitrogens with zero attached hydrogens (tertiary/aromatic N) is 3. The Morgan fingerprint density at radius 1 is 1.28 bits per heavy atom. The van der Waals surface area contributed by atoms with E-state index in [1.54, 1.807) is 13.1 Å². The molecule has 4 heteroatoms. The zero-order chi connectivity index (χ0) is 13.5. The number of hydrogen-bond donors (Lipinski definition) is 1. The Hall–Kier alpha value is -1.13. The van der Waals surface area contributed by atoms with Gasteiger partial charge < -0.3 is 14.9 Å². The lowest BCUT2D eigenvalue weighted by Crippen LogP contribution is -2.33. The van der Waals surface area contributed by atoms with E-state index >= 15 is 0 Å². The highest BCUT2D eigenvalue weighted by atomic mass is 16.3. The molecule has 0 aromatic carbocycles. The molecule has 0 aliphatic carbocycles. The van der Waals surface area contributed by atoms with Crippen LogP contribution in [0.4, 0.5) is 5.82 Å². The third-order valence-corrected chi connectivity index (χ3v) is 2.88. The fourth-order valence-corrected chi connectivity index (χ4v) is 1.91. The molecule has 1 aromatic heterocycles. The molecule has 18 heavy (non-hydrogen) atoms. The molecule has 0 fully saturated rings. The largest absolute Gasteiger partial charge is 0.389 e. The van der Waals surface area contributed by atoms with Crippen molar-refractivity contribution in [2.24, 2.45) is 0 Å². The van der Waals surface area contributed by atoms with Gasteiger partial charge in [0.05, 0.1) is 6.10 Å². The summed E-state index contributed by atoms with van der Waals surface area (Å²) in [5.41, 5.74) is 0.907. The summed E-state index contributed by atoms with van der Waals surface area (Å²) in [5, 5.41) is 9.82. The average Bonchev–Trinajstić information content (AvgIpc) is 2.34. The van der Waals surface area contributed by atoms with Crippen LogP contribution in [0.5, 0.6) is 0 Å². The number of likely N-dealkylation sites (N-methyl/N-ethyl adjacent to an activating group) is 1. The summed E-state index contributed by atoms with van der Waals surface area (Å²) >= 11 is 0. The monoisotopic (exact) mass is 251 g/mol. The van der Waals surface area contributed by atoms with Crippen LogP contribution in [-0.2, 0) is 0 Å². The molecule has 0 saturated carbocycles. The van der Waals surface area contributed by atoms with Crippen molar-refractivity contribution in [3.05, 3.63) is 23.9 Å². The van der Waals surface area contributed by atoms with Crippen molar-refractivity contribution in [1.29, 1.82) is 0 Å². The van der Waals surface area contributed by atoms with Crippen molar-refractivity contribution in [2.75, 3.05) is 38.6 Å². The van der Waals surface area contributed by atoms with E-state index in [2.05, 4.69) is 35.8 Å². The maximum atomic E-state index is 9.82. The smallest absolute Gasteiger partial charge is 0.134 e. The molecule has 0 amide bonds. The average molecular weight is 251 g/mol. The van der Waals surface area contributed by atoms with Gasteiger partial charge in [-0.1, -0.05) is 13.0 Å². The topological polar surface area (TPSA) is 39.6 Å². The Morgan fingerprint density at radius 3 is 2.56 bits per heavy atom. The van der Waals surface area contributed by atoms with Crippen molar-refractivity contribution < 1.29 is 5.11 Å². The van der Waals surface area contributed by atoms with Gasteiger partial charge >= 0.3 is 0 Å². The van der Waals surface area contributed by atoms with Gasteiger partial charge in [0.2, 0.25) is 0 Å². The molecule has 1 heterocycles. The van der Waals surface area contributed by atoms with Crippen LogP contribution in [0.1, 0.15) is 31.9 Å². The molecular formula is C14H25N3O. The molecule has 0 spiro atoms. The number of aliphatic hydroxyl groups excluding tert-OH is 1. The summed E-state index contributed by atoms with van der Waals surface area (Å²) in [6.07, 6.45) is 2.38. The minimum Gasteiger partial charge on any atom is -0.389 e. The molecule has 0 radical (unpaired) electrons. The maximum Gasteiger partial charge on any atom is 0.134 e. The number of anilines is 1. The number of hydrogen-bond acceptors (Lipinski definition) is 4. The van der Waals surface area contributed by atoms with Gasteiger partial charge in [0.15, 0.2) is 0 Å². The summed E-state index contributed by atoms with van der Waals surface area (Å²) in [6.45, 7) is 6.82. The second-order valence-electron chi connectivity index (χ2n) is 4.88. The first-order chi connectivity index (χ1) is 8.56. The van der Waals surface area contributed by atoms with Gasteiger partial charge in [0.1, 0.15) is 5.82 Å². The van der Waals surface area contributed by atoms with Crippen molar-refractivity contribution in [1.82, 2.24) is 9.88 Å². The molecule has 1 rings (SSSR count). The van der Waals surface area contributed by atoms with E-state index in [4.69, 9.17) is 0 Å². The summed E-state index contributed by atoms with van der Waals surface area (Å²) in [4.78, 5) is 8.86. The predicted molar refractivity (Wildman–Crippen MR) is 75.9 cm³/mol. The zero-order valence-corrected chi connectivity index (χ0v) is 11.9. The van der Waals surface area contributed by atoms with Gasteiger partial charge in [-0.25, -0.2) is 4.98 Å². The lowest BCUT2D eigenvalue weighted by Gasteiger charge is -2.27. The van der Waals surface area contributed by atoms with Crippen LogP contribution in [-0.4, -0.2) is 48.7 Å². The fourth-order valence-electron chi connectivity index (χ4n) is 1.91. The van der Waals surface area contributed by atoms with Crippen LogP contribution in [0.3, 0.4) is 0 Å². The minimum absolute atomic E-state index is 0.479. The van der Waals surface area contributed by atoms with E-state index in [9.17, 15) is 5.11 Å². The Kier molecular flexibility index (Phi) is 6.09. The van der Waals surface area contributed by atoms with Crippen molar-refractivity contribution >= 4 is 5.82 Å². The quantitative estimate of drug-likeness (QED) is 0.803. The molecule has 1 aromatic rings. The summed E-state index contributed by atoms with van der Waals surface area (Å²) in [5.74, 6) is 0.913. The van der Waals surface area contributed by atoms with E-state index in [0.29, 0.717) is 0 Å².